The van der Waals surface area contributed by atoms with E-state index in [4.69, 9.17) is 5.73 Å². The van der Waals surface area contributed by atoms with Gasteiger partial charge in [-0.3, -0.25) is 0 Å². The number of nitrogens with one attached hydrogen (secondary N) is 1. The van der Waals surface area contributed by atoms with Gasteiger partial charge in [-0.1, -0.05) is 12.1 Å². The summed E-state index contributed by atoms with van der Waals surface area (Å²) < 4.78 is 0. The second-order valence-corrected chi connectivity index (χ2v) is 5.00. The van der Waals surface area contributed by atoms with E-state index in [1.54, 1.807) is 6.33 Å². The SMILES string of the molecule is CCN(CC)c1ncnc(Nc2cccc(C)c2C)c1N. The molecule has 1 aromatic carbocycles. The molecule has 0 aliphatic carbocycles. The minimum absolute atomic E-state index is 0.585. The summed E-state index contributed by atoms with van der Waals surface area (Å²) in [5.41, 5.74) is 10.3. The van der Waals surface area contributed by atoms with Crippen LogP contribution in [0.5, 0.6) is 0 Å². The van der Waals surface area contributed by atoms with E-state index in [2.05, 4.69) is 53.9 Å². The van der Waals surface area contributed by atoms with Crippen LogP contribution in [0, 0.1) is 13.8 Å². The lowest BCUT2D eigenvalue weighted by atomic mass is 10.1. The number of hydrogen-bond acceptors (Lipinski definition) is 5. The molecule has 0 radical (unpaired) electrons. The van der Waals surface area contributed by atoms with Gasteiger partial charge in [-0.05, 0) is 44.9 Å². The normalized spacial score (nSPS) is 10.5. The van der Waals surface area contributed by atoms with Gasteiger partial charge in [-0.2, -0.15) is 0 Å². The van der Waals surface area contributed by atoms with E-state index in [9.17, 15) is 0 Å². The van der Waals surface area contributed by atoms with E-state index in [0.29, 0.717) is 11.5 Å². The summed E-state index contributed by atoms with van der Waals surface area (Å²) in [5, 5.41) is 3.32. The van der Waals surface area contributed by atoms with Crippen LogP contribution in [-0.4, -0.2) is 23.1 Å². The predicted molar refractivity (Wildman–Crippen MR) is 89.2 cm³/mol. The molecular formula is C16H23N5. The van der Waals surface area contributed by atoms with Crippen molar-refractivity contribution in [2.24, 2.45) is 0 Å². The number of aromatic nitrogens is 2. The van der Waals surface area contributed by atoms with Gasteiger partial charge < -0.3 is 16.0 Å². The van der Waals surface area contributed by atoms with Gasteiger partial charge in [0.2, 0.25) is 0 Å². The Morgan fingerprint density at radius 1 is 1.14 bits per heavy atom. The second-order valence-electron chi connectivity index (χ2n) is 5.00. The smallest absolute Gasteiger partial charge is 0.159 e. The number of rotatable bonds is 5. The Bertz CT molecular complexity index is 620. The summed E-state index contributed by atoms with van der Waals surface area (Å²) in [5.74, 6) is 1.43. The molecule has 112 valence electrons. The van der Waals surface area contributed by atoms with Crippen molar-refractivity contribution in [3.63, 3.8) is 0 Å². The Labute approximate surface area is 126 Å². The number of hydrogen-bond donors (Lipinski definition) is 2. The third kappa shape index (κ3) is 3.07. The minimum Gasteiger partial charge on any atom is -0.393 e. The van der Waals surface area contributed by atoms with E-state index in [1.807, 2.05) is 12.1 Å². The third-order valence-electron chi connectivity index (χ3n) is 3.78. The molecule has 21 heavy (non-hydrogen) atoms. The number of nitrogen functional groups attached to an aromatic ring is 1. The zero-order valence-corrected chi connectivity index (χ0v) is 13.1. The van der Waals surface area contributed by atoms with Crippen molar-refractivity contribution in [1.82, 2.24) is 9.97 Å². The standard InChI is InChI=1S/C16H23N5/c1-5-21(6-2)16-14(17)15(18-10-19-16)20-13-9-7-8-11(3)12(13)4/h7-10H,5-6,17H2,1-4H3,(H,18,19,20). The quantitative estimate of drug-likeness (QED) is 0.882. The van der Waals surface area contributed by atoms with Crippen LogP contribution >= 0.6 is 0 Å². The molecule has 1 aromatic heterocycles. The zero-order chi connectivity index (χ0) is 15.4. The van der Waals surface area contributed by atoms with E-state index in [1.165, 1.54) is 11.1 Å². The second kappa shape index (κ2) is 6.43. The Hall–Kier alpha value is -2.30. The van der Waals surface area contributed by atoms with Crippen LogP contribution in [-0.2, 0) is 0 Å². The maximum atomic E-state index is 6.24. The van der Waals surface area contributed by atoms with Crippen molar-refractivity contribution >= 4 is 23.0 Å². The van der Waals surface area contributed by atoms with Crippen LogP contribution in [0.25, 0.3) is 0 Å². The number of aryl methyl sites for hydroxylation is 1. The van der Waals surface area contributed by atoms with Crippen LogP contribution in [0.15, 0.2) is 24.5 Å². The summed E-state index contributed by atoms with van der Waals surface area (Å²) in [4.78, 5) is 10.7. The van der Waals surface area contributed by atoms with Crippen molar-refractivity contribution in [3.8, 4) is 0 Å². The first-order chi connectivity index (χ1) is 10.1. The molecule has 0 saturated carbocycles. The molecule has 2 rings (SSSR count). The average Bonchev–Trinajstić information content (AvgIpc) is 2.48. The van der Waals surface area contributed by atoms with Crippen LogP contribution in [0.4, 0.5) is 23.0 Å². The van der Waals surface area contributed by atoms with Crippen LogP contribution in [0.1, 0.15) is 25.0 Å². The molecular weight excluding hydrogens is 262 g/mol. The van der Waals surface area contributed by atoms with Crippen molar-refractivity contribution in [2.45, 2.75) is 27.7 Å². The number of nitrogens with two attached hydrogens (primary N) is 1. The summed E-state index contributed by atoms with van der Waals surface area (Å²) in [6.45, 7) is 10.1. The summed E-state index contributed by atoms with van der Waals surface area (Å²) >= 11 is 0. The Kier molecular flexibility index (Phi) is 4.62. The maximum Gasteiger partial charge on any atom is 0.159 e. The highest BCUT2D eigenvalue weighted by Crippen LogP contribution is 2.29. The molecule has 0 unspecified atom stereocenters. The van der Waals surface area contributed by atoms with Crippen molar-refractivity contribution in [3.05, 3.63) is 35.7 Å². The lowest BCUT2D eigenvalue weighted by Crippen LogP contribution is -2.24. The fraction of sp³-hybridized carbons (Fsp3) is 0.375. The Balaban J connectivity index is 2.37. The summed E-state index contributed by atoms with van der Waals surface area (Å²) in [6.07, 6.45) is 1.55. The first-order valence-corrected chi connectivity index (χ1v) is 7.27. The fourth-order valence-electron chi connectivity index (χ4n) is 2.28. The van der Waals surface area contributed by atoms with Crippen LogP contribution < -0.4 is 16.0 Å². The van der Waals surface area contributed by atoms with Gasteiger partial charge in [0.1, 0.15) is 12.0 Å². The molecule has 0 aliphatic heterocycles. The number of anilines is 4. The van der Waals surface area contributed by atoms with Crippen LogP contribution in [0.2, 0.25) is 0 Å². The minimum atomic E-state index is 0.585. The molecule has 1 heterocycles. The molecule has 0 saturated heterocycles. The predicted octanol–water partition coefficient (Wildman–Crippen LogP) is 3.27. The average molecular weight is 285 g/mol. The molecule has 2 aromatic rings. The highest BCUT2D eigenvalue weighted by atomic mass is 15.2. The van der Waals surface area contributed by atoms with E-state index in [0.717, 1.165) is 24.6 Å². The van der Waals surface area contributed by atoms with Gasteiger partial charge in [-0.25, -0.2) is 9.97 Å². The monoisotopic (exact) mass is 285 g/mol. The van der Waals surface area contributed by atoms with Crippen molar-refractivity contribution < 1.29 is 0 Å². The molecule has 0 fully saturated rings. The van der Waals surface area contributed by atoms with E-state index < -0.39 is 0 Å². The lowest BCUT2D eigenvalue weighted by Gasteiger charge is -2.22. The largest absolute Gasteiger partial charge is 0.393 e. The van der Waals surface area contributed by atoms with Crippen molar-refractivity contribution in [1.29, 1.82) is 0 Å². The summed E-state index contributed by atoms with van der Waals surface area (Å²) in [7, 11) is 0. The molecule has 3 N–H and O–H groups in total. The first-order valence-electron chi connectivity index (χ1n) is 7.27. The fourth-order valence-corrected chi connectivity index (χ4v) is 2.28. The highest BCUT2D eigenvalue weighted by molar-refractivity contribution is 5.79. The Morgan fingerprint density at radius 2 is 1.86 bits per heavy atom. The lowest BCUT2D eigenvalue weighted by molar-refractivity contribution is 0.844. The van der Waals surface area contributed by atoms with Gasteiger partial charge in [0, 0.05) is 18.8 Å². The van der Waals surface area contributed by atoms with Crippen LogP contribution in [0.3, 0.4) is 0 Å². The molecule has 5 heteroatoms. The highest BCUT2D eigenvalue weighted by Gasteiger charge is 2.13. The third-order valence-corrected chi connectivity index (χ3v) is 3.78. The van der Waals surface area contributed by atoms with Crippen molar-refractivity contribution in [2.75, 3.05) is 29.0 Å². The maximum absolute atomic E-state index is 6.24. The molecule has 0 amide bonds. The molecule has 0 spiro atoms. The van der Waals surface area contributed by atoms with E-state index >= 15 is 0 Å². The Morgan fingerprint density at radius 3 is 2.52 bits per heavy atom. The molecule has 0 atom stereocenters. The van der Waals surface area contributed by atoms with Gasteiger partial charge in [0.05, 0.1) is 0 Å². The molecule has 5 nitrogen and oxygen atoms in total. The number of benzene rings is 1. The van der Waals surface area contributed by atoms with E-state index in [-0.39, 0.29) is 0 Å². The zero-order valence-electron chi connectivity index (χ0n) is 13.1. The number of nitrogens with zero attached hydrogens (tertiary/aromatic N) is 3. The topological polar surface area (TPSA) is 67.1 Å². The van der Waals surface area contributed by atoms with Gasteiger partial charge >= 0.3 is 0 Å². The molecule has 0 aliphatic rings. The summed E-state index contributed by atoms with van der Waals surface area (Å²) in [6, 6.07) is 6.14. The molecule has 0 bridgehead atoms. The van der Waals surface area contributed by atoms with Gasteiger partial charge in [0.15, 0.2) is 11.6 Å². The van der Waals surface area contributed by atoms with Gasteiger partial charge in [-0.15, -0.1) is 0 Å². The first kappa shape index (κ1) is 15.1. The van der Waals surface area contributed by atoms with Gasteiger partial charge in [0.25, 0.3) is 0 Å².